The normalized spacial score (nSPS) is 10.9. The third-order valence-electron chi connectivity index (χ3n) is 4.34. The lowest BCUT2D eigenvalue weighted by atomic mass is 10.2. The zero-order valence-corrected chi connectivity index (χ0v) is 18.6. The Morgan fingerprint density at radius 1 is 1.03 bits per heavy atom. The summed E-state index contributed by atoms with van der Waals surface area (Å²) in [6, 6.07) is 17.4. The van der Waals surface area contributed by atoms with E-state index in [1.807, 2.05) is 19.1 Å². The Balaban J connectivity index is 1.68. The number of carboxylic acids is 1. The number of pyridine rings is 1. The fraction of sp³-hybridized carbons (Fsp3) is 0.125. The Morgan fingerprint density at radius 3 is 2.42 bits per heavy atom. The molecule has 4 N–H and O–H groups in total. The van der Waals surface area contributed by atoms with Crippen molar-refractivity contribution in [1.82, 2.24) is 15.6 Å². The van der Waals surface area contributed by atoms with Gasteiger partial charge in [0.2, 0.25) is 5.91 Å². The minimum Gasteiger partial charge on any atom is -0.477 e. The first kappa shape index (κ1) is 23.6. The summed E-state index contributed by atoms with van der Waals surface area (Å²) in [5, 5.41) is 18.8. The summed E-state index contributed by atoms with van der Waals surface area (Å²) in [5.74, 6) is 0.0498. The van der Waals surface area contributed by atoms with Crippen LogP contribution in [0.4, 0.5) is 5.69 Å². The number of ether oxygens (including phenoxy) is 1. The predicted octanol–water partition coefficient (Wildman–Crippen LogP) is 4.40. The number of carbonyl (C=O) groups excluding carboxylic acids is 1. The van der Waals surface area contributed by atoms with E-state index in [-0.39, 0.29) is 11.6 Å². The summed E-state index contributed by atoms with van der Waals surface area (Å²) in [6.07, 6.45) is 2.83. The summed E-state index contributed by atoms with van der Waals surface area (Å²) in [4.78, 5) is 26.9. The number of nitrogens with one attached hydrogen (secondary N) is 3. The molecule has 1 aromatic heterocycles. The fourth-order valence-corrected chi connectivity index (χ4v) is 2.90. The number of aromatic nitrogens is 1. The highest BCUT2D eigenvalue weighted by Gasteiger charge is 2.07. The van der Waals surface area contributed by atoms with Crippen molar-refractivity contribution in [3.05, 3.63) is 95.0 Å². The van der Waals surface area contributed by atoms with E-state index < -0.39 is 5.97 Å². The summed E-state index contributed by atoms with van der Waals surface area (Å²) in [7, 11) is 0. The molecule has 170 valence electrons. The minimum atomic E-state index is -1.13. The average Bonchev–Trinajstić information content (AvgIpc) is 2.80. The molecule has 0 saturated carbocycles. The summed E-state index contributed by atoms with van der Waals surface area (Å²) >= 11 is 5.93. The van der Waals surface area contributed by atoms with Crippen LogP contribution in [0.2, 0.25) is 5.02 Å². The van der Waals surface area contributed by atoms with Gasteiger partial charge >= 0.3 is 5.97 Å². The van der Waals surface area contributed by atoms with Gasteiger partial charge < -0.3 is 25.8 Å². The van der Waals surface area contributed by atoms with Crippen LogP contribution in [0.3, 0.4) is 0 Å². The maximum atomic E-state index is 12.1. The molecule has 9 heteroatoms. The number of hydrogen-bond donors (Lipinski definition) is 4. The lowest BCUT2D eigenvalue weighted by Crippen LogP contribution is -2.26. The first-order valence-corrected chi connectivity index (χ1v) is 10.5. The molecule has 3 rings (SSSR count). The lowest BCUT2D eigenvalue weighted by Gasteiger charge is -2.15. The van der Waals surface area contributed by atoms with Gasteiger partial charge in [0.05, 0.1) is 0 Å². The second-order valence-electron chi connectivity index (χ2n) is 6.87. The van der Waals surface area contributed by atoms with Crippen molar-refractivity contribution < 1.29 is 19.4 Å². The second kappa shape index (κ2) is 11.5. The van der Waals surface area contributed by atoms with Crippen LogP contribution in [0.5, 0.6) is 11.5 Å². The van der Waals surface area contributed by atoms with Gasteiger partial charge in [-0.1, -0.05) is 23.7 Å². The van der Waals surface area contributed by atoms with Crippen LogP contribution < -0.4 is 20.7 Å². The number of aromatic carboxylic acids is 1. The van der Waals surface area contributed by atoms with E-state index in [1.54, 1.807) is 42.5 Å². The van der Waals surface area contributed by atoms with E-state index in [0.29, 0.717) is 35.4 Å². The number of nitrogens with zero attached hydrogens (tertiary/aromatic N) is 1. The average molecular weight is 467 g/mol. The summed E-state index contributed by atoms with van der Waals surface area (Å²) < 4.78 is 5.70. The lowest BCUT2D eigenvalue weighted by molar-refractivity contribution is -0.116. The van der Waals surface area contributed by atoms with Gasteiger partial charge in [0.25, 0.3) is 0 Å². The molecule has 0 aliphatic heterocycles. The molecular formula is C24H23ClN4O4. The van der Waals surface area contributed by atoms with Gasteiger partial charge in [0, 0.05) is 42.1 Å². The standard InChI is InChI=1S/C24H23ClN4O4/c1-2-26-23(30)14-22(28-15-16-3-5-17(25)6-4-16)29-18-7-9-19(10-8-18)33-20-11-12-27-21(13-20)24(31)32/h3-14,28-29H,2,15H2,1H3,(H,26,30)(H,31,32)/b22-14+. The number of anilines is 1. The molecule has 1 heterocycles. The summed E-state index contributed by atoms with van der Waals surface area (Å²) in [5.41, 5.74) is 1.63. The van der Waals surface area contributed by atoms with Crippen molar-refractivity contribution in [3.8, 4) is 11.5 Å². The maximum Gasteiger partial charge on any atom is 0.354 e. The van der Waals surface area contributed by atoms with Crippen molar-refractivity contribution in [2.75, 3.05) is 11.9 Å². The van der Waals surface area contributed by atoms with E-state index in [9.17, 15) is 9.59 Å². The molecule has 1 amide bonds. The Bertz CT molecular complexity index is 1130. The molecule has 0 aliphatic rings. The van der Waals surface area contributed by atoms with Gasteiger partial charge in [0.1, 0.15) is 17.3 Å². The highest BCUT2D eigenvalue weighted by atomic mass is 35.5. The minimum absolute atomic E-state index is 0.0994. The molecule has 0 bridgehead atoms. The molecule has 2 aromatic carbocycles. The maximum absolute atomic E-state index is 12.1. The van der Waals surface area contributed by atoms with E-state index in [1.165, 1.54) is 18.3 Å². The second-order valence-corrected chi connectivity index (χ2v) is 7.30. The molecule has 3 aromatic rings. The first-order valence-electron chi connectivity index (χ1n) is 10.1. The van der Waals surface area contributed by atoms with Crippen molar-refractivity contribution in [3.63, 3.8) is 0 Å². The molecule has 0 spiro atoms. The molecule has 0 atom stereocenters. The number of carbonyl (C=O) groups is 2. The number of benzene rings is 2. The number of carboxylic acid groups (broad SMARTS) is 1. The van der Waals surface area contributed by atoms with Crippen LogP contribution in [0.15, 0.2) is 78.8 Å². The van der Waals surface area contributed by atoms with Crippen LogP contribution in [0, 0.1) is 0 Å². The third kappa shape index (κ3) is 7.55. The monoisotopic (exact) mass is 466 g/mol. The Morgan fingerprint density at radius 2 is 1.76 bits per heavy atom. The molecular weight excluding hydrogens is 444 g/mol. The topological polar surface area (TPSA) is 113 Å². The SMILES string of the molecule is CCNC(=O)/C=C(\NCc1ccc(Cl)cc1)Nc1ccc(Oc2ccnc(C(=O)O)c2)cc1. The highest BCUT2D eigenvalue weighted by Crippen LogP contribution is 2.23. The fourth-order valence-electron chi connectivity index (χ4n) is 2.78. The van der Waals surface area contributed by atoms with E-state index in [2.05, 4.69) is 20.9 Å². The zero-order chi connectivity index (χ0) is 23.6. The summed E-state index contributed by atoms with van der Waals surface area (Å²) in [6.45, 7) is 2.86. The molecule has 0 radical (unpaired) electrons. The zero-order valence-electron chi connectivity index (χ0n) is 17.8. The Kier molecular flexibility index (Phi) is 8.26. The quantitative estimate of drug-likeness (QED) is 0.327. The van der Waals surface area contributed by atoms with Crippen molar-refractivity contribution in [1.29, 1.82) is 0 Å². The van der Waals surface area contributed by atoms with Crippen LogP contribution in [-0.4, -0.2) is 28.5 Å². The van der Waals surface area contributed by atoms with Gasteiger partial charge in [-0.2, -0.15) is 0 Å². The van der Waals surface area contributed by atoms with Gasteiger partial charge in [-0.15, -0.1) is 0 Å². The number of rotatable bonds is 10. The van der Waals surface area contributed by atoms with Crippen LogP contribution in [0.1, 0.15) is 23.0 Å². The molecule has 0 saturated heterocycles. The molecule has 0 unspecified atom stereocenters. The van der Waals surface area contributed by atoms with Crippen molar-refractivity contribution in [2.24, 2.45) is 0 Å². The van der Waals surface area contributed by atoms with E-state index >= 15 is 0 Å². The molecule has 33 heavy (non-hydrogen) atoms. The molecule has 0 fully saturated rings. The smallest absolute Gasteiger partial charge is 0.354 e. The Labute approximate surface area is 196 Å². The van der Waals surface area contributed by atoms with Crippen LogP contribution >= 0.6 is 11.6 Å². The van der Waals surface area contributed by atoms with Crippen molar-refractivity contribution >= 4 is 29.2 Å². The van der Waals surface area contributed by atoms with Crippen LogP contribution in [-0.2, 0) is 11.3 Å². The first-order chi connectivity index (χ1) is 15.9. The number of halogens is 1. The van der Waals surface area contributed by atoms with E-state index in [0.717, 1.165) is 11.3 Å². The predicted molar refractivity (Wildman–Crippen MR) is 126 cm³/mol. The van der Waals surface area contributed by atoms with Gasteiger partial charge in [-0.25, -0.2) is 9.78 Å². The number of likely N-dealkylation sites (N-methyl/N-ethyl adjacent to an activating group) is 1. The van der Waals surface area contributed by atoms with Crippen LogP contribution in [0.25, 0.3) is 0 Å². The molecule has 0 aliphatic carbocycles. The van der Waals surface area contributed by atoms with Crippen molar-refractivity contribution in [2.45, 2.75) is 13.5 Å². The number of hydrogen-bond acceptors (Lipinski definition) is 6. The van der Waals surface area contributed by atoms with Gasteiger partial charge in [-0.3, -0.25) is 4.79 Å². The van der Waals surface area contributed by atoms with E-state index in [4.69, 9.17) is 21.4 Å². The van der Waals surface area contributed by atoms with Gasteiger partial charge in [-0.05, 0) is 55.0 Å². The largest absolute Gasteiger partial charge is 0.477 e. The number of amides is 1. The van der Waals surface area contributed by atoms with Gasteiger partial charge in [0.15, 0.2) is 5.69 Å². The third-order valence-corrected chi connectivity index (χ3v) is 4.59. The molecule has 8 nitrogen and oxygen atoms in total. The Hall–Kier alpha value is -4.04. The highest BCUT2D eigenvalue weighted by molar-refractivity contribution is 6.30.